The molecule has 1 atom stereocenters. The monoisotopic (exact) mass is 310 g/mol. The van der Waals surface area contributed by atoms with E-state index in [9.17, 15) is 30.8 Å². The van der Waals surface area contributed by atoms with E-state index in [4.69, 9.17) is 0 Å². The van der Waals surface area contributed by atoms with Crippen LogP contribution >= 0.6 is 0 Å². The van der Waals surface area contributed by atoms with Gasteiger partial charge in [0.2, 0.25) is 0 Å². The van der Waals surface area contributed by atoms with Gasteiger partial charge in [0.25, 0.3) is 0 Å². The maximum Gasteiger partial charge on any atom is 0.523 e. The Morgan fingerprint density at radius 1 is 1.21 bits per heavy atom. The number of carbonyl (C=O) groups excluding carboxylic acids is 1. The van der Waals surface area contributed by atoms with E-state index < -0.39 is 39.8 Å². The summed E-state index contributed by atoms with van der Waals surface area (Å²) < 4.78 is 79.3. The van der Waals surface area contributed by atoms with Crippen LogP contribution in [-0.4, -0.2) is 38.3 Å². The van der Waals surface area contributed by atoms with Crippen molar-refractivity contribution in [2.24, 2.45) is 0 Å². The number of ether oxygens (including phenoxy) is 1. The molecule has 0 rings (SSSR count). The topological polar surface area (TPSA) is 69.7 Å². The zero-order valence-electron chi connectivity index (χ0n) is 10.5. The molecule has 0 fully saturated rings. The van der Waals surface area contributed by atoms with Crippen molar-refractivity contribution in [3.8, 4) is 0 Å². The number of carbonyl (C=O) groups is 1. The summed E-state index contributed by atoms with van der Waals surface area (Å²) in [4.78, 5) is 11.3. The molecule has 0 aliphatic carbocycles. The second kappa shape index (κ2) is 6.04. The Labute approximate surface area is 108 Å². The summed E-state index contributed by atoms with van der Waals surface area (Å²) in [5, 5.41) is 0. The van der Waals surface area contributed by atoms with Gasteiger partial charge in [-0.3, -0.25) is 0 Å². The van der Waals surface area contributed by atoms with Crippen molar-refractivity contribution in [1.82, 2.24) is 0 Å². The van der Waals surface area contributed by atoms with Gasteiger partial charge in [0, 0.05) is 6.42 Å². The fourth-order valence-electron chi connectivity index (χ4n) is 1.04. The predicted octanol–water partition coefficient (Wildman–Crippen LogP) is 1.92. The van der Waals surface area contributed by atoms with Crippen molar-refractivity contribution in [2.45, 2.75) is 44.5 Å². The van der Waals surface area contributed by atoms with Crippen LogP contribution in [0.5, 0.6) is 0 Å². The fraction of sp³-hybridized carbons (Fsp3) is 0.889. The van der Waals surface area contributed by atoms with Crippen molar-refractivity contribution >= 4 is 16.1 Å². The molecule has 0 aliphatic heterocycles. The van der Waals surface area contributed by atoms with Gasteiger partial charge in [-0.2, -0.15) is 21.6 Å². The van der Waals surface area contributed by atoms with Gasteiger partial charge in [-0.25, -0.2) is 13.4 Å². The minimum absolute atomic E-state index is 0.211. The summed E-state index contributed by atoms with van der Waals surface area (Å²) in [7, 11) is -6.00. The Morgan fingerprint density at radius 3 is 2.00 bits per heavy atom. The number of halogens is 4. The molecule has 0 spiro atoms. The molecule has 0 saturated heterocycles. The number of hydrogen-bond donors (Lipinski definition) is 0. The number of rotatable bonds is 6. The summed E-state index contributed by atoms with van der Waals surface area (Å²) in [6.45, 7) is 3.07. The van der Waals surface area contributed by atoms with E-state index >= 15 is 0 Å². The number of esters is 1. The Hall–Kier alpha value is -0.900. The lowest BCUT2D eigenvalue weighted by Crippen LogP contribution is -2.38. The molecule has 0 amide bonds. The van der Waals surface area contributed by atoms with E-state index in [1.165, 1.54) is 6.92 Å². The Morgan fingerprint density at radius 2 is 1.68 bits per heavy atom. The molecule has 19 heavy (non-hydrogen) atoms. The predicted molar refractivity (Wildman–Crippen MR) is 56.3 cm³/mol. The summed E-state index contributed by atoms with van der Waals surface area (Å²) in [5.41, 5.74) is -7.81. The summed E-state index contributed by atoms with van der Waals surface area (Å²) in [6, 6.07) is 0. The molecule has 0 N–H and O–H groups in total. The van der Waals surface area contributed by atoms with E-state index in [1.807, 2.05) is 0 Å². The van der Waals surface area contributed by atoms with Gasteiger partial charge >= 0.3 is 21.6 Å². The number of alkyl halides is 4. The Kier molecular flexibility index (Phi) is 5.75. The molecule has 0 saturated carbocycles. The van der Waals surface area contributed by atoms with Gasteiger partial charge in [-0.1, -0.05) is 0 Å². The molecular weight excluding hydrogens is 296 g/mol. The van der Waals surface area contributed by atoms with E-state index in [0.29, 0.717) is 0 Å². The fourth-order valence-corrected chi connectivity index (χ4v) is 1.60. The highest BCUT2D eigenvalue weighted by atomic mass is 32.2. The van der Waals surface area contributed by atoms with Crippen LogP contribution in [0.25, 0.3) is 0 Å². The third-order valence-electron chi connectivity index (χ3n) is 1.75. The summed E-state index contributed by atoms with van der Waals surface area (Å²) in [6.07, 6.45) is -3.08. The largest absolute Gasteiger partial charge is 0.523 e. The average molecular weight is 310 g/mol. The van der Waals surface area contributed by atoms with Gasteiger partial charge < -0.3 is 4.74 Å². The van der Waals surface area contributed by atoms with E-state index in [0.717, 1.165) is 13.8 Å². The minimum atomic E-state index is -6.00. The molecule has 0 aromatic rings. The van der Waals surface area contributed by atoms with Crippen LogP contribution in [0.1, 0.15) is 27.2 Å². The van der Waals surface area contributed by atoms with Crippen molar-refractivity contribution in [3.05, 3.63) is 0 Å². The first kappa shape index (κ1) is 18.1. The van der Waals surface area contributed by atoms with Gasteiger partial charge in [0.1, 0.15) is 5.67 Å². The molecule has 0 radical (unpaired) electrons. The zero-order valence-corrected chi connectivity index (χ0v) is 11.3. The first-order chi connectivity index (χ1) is 8.30. The number of hydrogen-bond acceptors (Lipinski definition) is 5. The highest BCUT2D eigenvalue weighted by molar-refractivity contribution is 7.87. The van der Waals surface area contributed by atoms with Crippen LogP contribution in [0.15, 0.2) is 0 Å². The second-order valence-corrected chi connectivity index (χ2v) is 5.72. The van der Waals surface area contributed by atoms with Crippen LogP contribution in [-0.2, 0) is 23.8 Å². The molecule has 0 unspecified atom stereocenters. The van der Waals surface area contributed by atoms with Gasteiger partial charge in [0.05, 0.1) is 6.61 Å². The molecule has 0 aromatic heterocycles. The molecule has 0 aliphatic rings. The molecule has 114 valence electrons. The quantitative estimate of drug-likeness (QED) is 0.324. The normalized spacial score (nSPS) is 15.1. The minimum Gasteiger partial charge on any atom is -0.464 e. The van der Waals surface area contributed by atoms with Crippen LogP contribution in [0.2, 0.25) is 0 Å². The van der Waals surface area contributed by atoms with E-state index in [1.54, 1.807) is 0 Å². The van der Waals surface area contributed by atoms with E-state index in [-0.39, 0.29) is 6.61 Å². The maximum absolute atomic E-state index is 13.3. The van der Waals surface area contributed by atoms with Crippen molar-refractivity contribution in [2.75, 3.05) is 6.61 Å². The third-order valence-corrected chi connectivity index (χ3v) is 2.80. The SMILES string of the molecule is CCOC(=O)[C@@H](CC(C)(C)F)OS(=O)(=O)C(F)(F)F. The van der Waals surface area contributed by atoms with Crippen LogP contribution < -0.4 is 0 Å². The summed E-state index contributed by atoms with van der Waals surface area (Å²) in [5.74, 6) is -1.37. The van der Waals surface area contributed by atoms with Crippen LogP contribution in [0.4, 0.5) is 17.6 Å². The Bertz CT molecular complexity index is 409. The van der Waals surface area contributed by atoms with Gasteiger partial charge in [-0.15, -0.1) is 0 Å². The van der Waals surface area contributed by atoms with Crippen molar-refractivity contribution < 1.29 is 39.7 Å². The second-order valence-electron chi connectivity index (χ2n) is 4.16. The third kappa shape index (κ3) is 6.19. The van der Waals surface area contributed by atoms with Crippen molar-refractivity contribution in [1.29, 1.82) is 0 Å². The molecule has 10 heteroatoms. The van der Waals surface area contributed by atoms with Crippen molar-refractivity contribution in [3.63, 3.8) is 0 Å². The first-order valence-electron chi connectivity index (χ1n) is 5.15. The van der Waals surface area contributed by atoms with Gasteiger partial charge in [0.15, 0.2) is 6.10 Å². The smallest absolute Gasteiger partial charge is 0.464 e. The average Bonchev–Trinajstić information content (AvgIpc) is 2.12. The molecular formula is C9H14F4O5S. The standard InChI is InChI=1S/C9H14F4O5S/c1-4-17-7(14)6(5-8(2,3)10)18-19(15,16)9(11,12)13/h6H,4-5H2,1-3H3/t6-/m1/s1. The Balaban J connectivity index is 5.13. The van der Waals surface area contributed by atoms with Gasteiger partial charge in [-0.05, 0) is 20.8 Å². The lowest BCUT2D eigenvalue weighted by molar-refractivity contribution is -0.153. The van der Waals surface area contributed by atoms with Crippen LogP contribution in [0.3, 0.4) is 0 Å². The molecule has 5 nitrogen and oxygen atoms in total. The maximum atomic E-state index is 13.3. The first-order valence-corrected chi connectivity index (χ1v) is 6.56. The highest BCUT2D eigenvalue weighted by Crippen LogP contribution is 2.28. The molecule has 0 aromatic carbocycles. The zero-order chi connectivity index (χ0) is 15.5. The van der Waals surface area contributed by atoms with E-state index in [2.05, 4.69) is 8.92 Å². The lowest BCUT2D eigenvalue weighted by atomic mass is 10.0. The highest BCUT2D eigenvalue weighted by Gasteiger charge is 2.50. The summed E-state index contributed by atoms with van der Waals surface area (Å²) >= 11 is 0. The molecule has 0 bridgehead atoms. The molecule has 0 heterocycles. The van der Waals surface area contributed by atoms with Crippen LogP contribution in [0, 0.1) is 0 Å². The lowest BCUT2D eigenvalue weighted by Gasteiger charge is -2.22.